The molecule has 1 saturated carbocycles. The van der Waals surface area contributed by atoms with Crippen molar-refractivity contribution in [1.82, 2.24) is 0 Å². The molecule has 1 fully saturated rings. The monoisotopic (exact) mass is 676 g/mol. The van der Waals surface area contributed by atoms with E-state index in [1.807, 2.05) is 31.2 Å². The van der Waals surface area contributed by atoms with Gasteiger partial charge in [0, 0.05) is 12.8 Å². The number of phosphoric acid groups is 1. The topological polar surface area (TPSA) is 210 Å². The molecule has 1 rings (SSSR count). The van der Waals surface area contributed by atoms with E-state index in [2.05, 4.69) is 31.2 Å². The first-order valence-corrected chi connectivity index (χ1v) is 17.4. The van der Waals surface area contributed by atoms with Gasteiger partial charge in [0.05, 0.1) is 6.61 Å². The van der Waals surface area contributed by atoms with Gasteiger partial charge in [0.15, 0.2) is 6.10 Å². The van der Waals surface area contributed by atoms with Gasteiger partial charge in [-0.05, 0) is 38.5 Å². The minimum Gasteiger partial charge on any atom is -0.462 e. The van der Waals surface area contributed by atoms with Crippen LogP contribution in [0, 0.1) is 0 Å². The lowest BCUT2D eigenvalue weighted by atomic mass is 9.85. The zero-order chi connectivity index (χ0) is 34.4. The number of rotatable bonds is 23. The van der Waals surface area contributed by atoms with Crippen LogP contribution in [0.1, 0.15) is 84.5 Å². The van der Waals surface area contributed by atoms with E-state index in [9.17, 15) is 44.6 Å². The molecular formula is C32H53O13P. The van der Waals surface area contributed by atoms with Crippen molar-refractivity contribution < 1.29 is 63.1 Å². The maximum Gasteiger partial charge on any atom is 0.472 e. The smallest absolute Gasteiger partial charge is 0.462 e. The normalized spacial score (nSPS) is 25.8. The van der Waals surface area contributed by atoms with Crippen LogP contribution in [0.5, 0.6) is 0 Å². The number of esters is 2. The highest BCUT2D eigenvalue weighted by Crippen LogP contribution is 2.47. The molecule has 14 heteroatoms. The van der Waals surface area contributed by atoms with E-state index in [0.29, 0.717) is 19.3 Å². The van der Waals surface area contributed by atoms with Crippen LogP contribution in [-0.2, 0) is 32.7 Å². The number of allylic oxidation sites excluding steroid dienone is 8. The van der Waals surface area contributed by atoms with Crippen molar-refractivity contribution in [3.8, 4) is 0 Å². The molecule has 0 aromatic carbocycles. The quantitative estimate of drug-likeness (QED) is 0.0398. The van der Waals surface area contributed by atoms with E-state index in [-0.39, 0.29) is 12.8 Å². The van der Waals surface area contributed by atoms with Crippen molar-refractivity contribution in [3.63, 3.8) is 0 Å². The van der Waals surface area contributed by atoms with E-state index in [4.69, 9.17) is 18.5 Å². The number of carbonyl (C=O) groups is 2. The van der Waals surface area contributed by atoms with Crippen LogP contribution in [0.3, 0.4) is 0 Å². The summed E-state index contributed by atoms with van der Waals surface area (Å²) in [5.74, 6) is -1.22. The van der Waals surface area contributed by atoms with Crippen molar-refractivity contribution in [2.45, 2.75) is 127 Å². The maximum absolute atomic E-state index is 12.6. The van der Waals surface area contributed by atoms with Crippen molar-refractivity contribution in [1.29, 1.82) is 0 Å². The Morgan fingerprint density at radius 1 is 0.696 bits per heavy atom. The second-order valence-corrected chi connectivity index (χ2v) is 12.3. The Bertz CT molecular complexity index is 1010. The summed E-state index contributed by atoms with van der Waals surface area (Å²) in [4.78, 5) is 34.8. The van der Waals surface area contributed by atoms with Crippen LogP contribution < -0.4 is 0 Å². The molecule has 0 bridgehead atoms. The Morgan fingerprint density at radius 3 is 1.80 bits per heavy atom. The van der Waals surface area contributed by atoms with E-state index in [1.54, 1.807) is 0 Å². The molecule has 0 radical (unpaired) electrons. The summed E-state index contributed by atoms with van der Waals surface area (Å²) in [5.41, 5.74) is 0. The van der Waals surface area contributed by atoms with Crippen molar-refractivity contribution in [2.75, 3.05) is 13.2 Å². The summed E-state index contributed by atoms with van der Waals surface area (Å²) in [7, 11) is -5.11. The average molecular weight is 677 g/mol. The first-order chi connectivity index (χ1) is 21.9. The van der Waals surface area contributed by atoms with Gasteiger partial charge in [0.1, 0.15) is 43.2 Å². The zero-order valence-electron chi connectivity index (χ0n) is 26.8. The van der Waals surface area contributed by atoms with Gasteiger partial charge >= 0.3 is 19.8 Å². The van der Waals surface area contributed by atoms with Crippen molar-refractivity contribution >= 4 is 19.8 Å². The molecule has 13 nitrogen and oxygen atoms in total. The number of carbonyl (C=O) groups excluding carboxylic acids is 2. The fourth-order valence-electron chi connectivity index (χ4n) is 4.30. The van der Waals surface area contributed by atoms with Crippen LogP contribution in [0.15, 0.2) is 48.6 Å². The number of ether oxygens (including phenoxy) is 2. The van der Waals surface area contributed by atoms with Gasteiger partial charge in [0.25, 0.3) is 0 Å². The number of unbranched alkanes of at least 4 members (excludes halogenated alkanes) is 3. The highest BCUT2D eigenvalue weighted by molar-refractivity contribution is 7.47. The van der Waals surface area contributed by atoms with Gasteiger partial charge in [-0.1, -0.05) is 81.7 Å². The molecule has 0 aromatic rings. The Hall–Kier alpha value is -2.19. The summed E-state index contributed by atoms with van der Waals surface area (Å²) in [6.45, 7) is 2.89. The highest BCUT2D eigenvalue weighted by Gasteiger charge is 2.51. The van der Waals surface area contributed by atoms with Crippen LogP contribution in [0.2, 0.25) is 0 Å². The lowest BCUT2D eigenvalue weighted by molar-refractivity contribution is -0.220. The van der Waals surface area contributed by atoms with Crippen molar-refractivity contribution in [2.24, 2.45) is 0 Å². The second kappa shape index (κ2) is 24.0. The Kier molecular flexibility index (Phi) is 21.8. The fraction of sp³-hybridized carbons (Fsp3) is 0.688. The van der Waals surface area contributed by atoms with Gasteiger partial charge in [-0.3, -0.25) is 18.6 Å². The molecule has 46 heavy (non-hydrogen) atoms. The molecule has 0 spiro atoms. The molecule has 0 aliphatic heterocycles. The molecular weight excluding hydrogens is 623 g/mol. The highest BCUT2D eigenvalue weighted by atomic mass is 31.2. The largest absolute Gasteiger partial charge is 0.472 e. The lowest BCUT2D eigenvalue weighted by Gasteiger charge is -2.41. The second-order valence-electron chi connectivity index (χ2n) is 10.9. The summed E-state index contributed by atoms with van der Waals surface area (Å²) in [5, 5.41) is 49.5. The van der Waals surface area contributed by atoms with E-state index in [0.717, 1.165) is 38.5 Å². The summed E-state index contributed by atoms with van der Waals surface area (Å²) < 4.78 is 32.8. The number of hydrogen-bond acceptors (Lipinski definition) is 12. The number of phosphoric ester groups is 1. The maximum atomic E-state index is 12.6. The summed E-state index contributed by atoms with van der Waals surface area (Å²) in [6, 6.07) is 0. The third-order valence-electron chi connectivity index (χ3n) is 6.95. The Labute approximate surface area is 271 Å². The Morgan fingerprint density at radius 2 is 1.24 bits per heavy atom. The summed E-state index contributed by atoms with van der Waals surface area (Å²) in [6.07, 6.45) is 10.2. The SMILES string of the molecule is CC/C=C\C/C=C\C/C=C\C/C=C\CCC(=O)OC(COC(=O)CCCCCC)COP(=O)(O)OC1C(O)C(O)C(O)C(O)C1O. The van der Waals surface area contributed by atoms with E-state index in [1.165, 1.54) is 0 Å². The first kappa shape index (κ1) is 41.8. The van der Waals surface area contributed by atoms with Crippen LogP contribution in [0.25, 0.3) is 0 Å². The van der Waals surface area contributed by atoms with Gasteiger partial charge in [-0.15, -0.1) is 0 Å². The molecule has 0 saturated heterocycles. The minimum atomic E-state index is -5.11. The molecule has 6 unspecified atom stereocenters. The molecule has 264 valence electrons. The molecule has 0 heterocycles. The number of aliphatic hydroxyl groups is 5. The van der Waals surface area contributed by atoms with Gasteiger partial charge < -0.3 is 39.9 Å². The minimum absolute atomic E-state index is 0.0262. The molecule has 6 N–H and O–H groups in total. The third-order valence-corrected chi connectivity index (χ3v) is 7.93. The number of aliphatic hydroxyl groups excluding tert-OH is 5. The first-order valence-electron chi connectivity index (χ1n) is 15.9. The molecule has 0 amide bonds. The lowest BCUT2D eigenvalue weighted by Crippen LogP contribution is -2.64. The van der Waals surface area contributed by atoms with E-state index >= 15 is 0 Å². The predicted molar refractivity (Wildman–Crippen MR) is 170 cm³/mol. The van der Waals surface area contributed by atoms with Crippen LogP contribution in [0.4, 0.5) is 0 Å². The standard InChI is InChI=1S/C32H53O13P/c1-3-5-7-9-10-11-12-13-14-15-16-17-19-21-26(34)44-24(22-42-25(33)20-18-8-6-4-2)23-43-46(40,41)45-32-30(38)28(36)27(35)29(37)31(32)39/h5,7,10-11,13-14,16-17,24,27-32,35-39H,3-4,6,8-9,12,15,18-23H2,1-2H3,(H,40,41)/b7-5-,11-10-,14-13-,17-16-. The zero-order valence-corrected chi connectivity index (χ0v) is 27.7. The van der Waals surface area contributed by atoms with E-state index < -0.39 is 75.7 Å². The van der Waals surface area contributed by atoms with Crippen LogP contribution >= 0.6 is 7.82 Å². The van der Waals surface area contributed by atoms with Gasteiger partial charge in [-0.25, -0.2) is 4.57 Å². The summed E-state index contributed by atoms with van der Waals surface area (Å²) >= 11 is 0. The molecule has 6 atom stereocenters. The third kappa shape index (κ3) is 17.7. The predicted octanol–water partition coefficient (Wildman–Crippen LogP) is 3.32. The fourth-order valence-corrected chi connectivity index (χ4v) is 5.27. The van der Waals surface area contributed by atoms with Gasteiger partial charge in [-0.2, -0.15) is 0 Å². The van der Waals surface area contributed by atoms with Crippen molar-refractivity contribution in [3.05, 3.63) is 48.6 Å². The molecule has 1 aliphatic carbocycles. The Balaban J connectivity index is 2.65. The average Bonchev–Trinajstić information content (AvgIpc) is 3.03. The number of hydrogen-bond donors (Lipinski definition) is 6. The molecule has 0 aromatic heterocycles. The van der Waals surface area contributed by atoms with Crippen LogP contribution in [-0.4, -0.2) is 98.3 Å². The van der Waals surface area contributed by atoms with Gasteiger partial charge in [0.2, 0.25) is 0 Å². The molecule has 1 aliphatic rings.